The highest BCUT2D eigenvalue weighted by molar-refractivity contribution is 8.13. The van der Waals surface area contributed by atoms with Gasteiger partial charge in [0.2, 0.25) is 0 Å². The fourth-order valence-corrected chi connectivity index (χ4v) is 6.59. The van der Waals surface area contributed by atoms with Crippen LogP contribution in [0.4, 0.5) is 14.5 Å². The Morgan fingerprint density at radius 1 is 1.11 bits per heavy atom. The lowest BCUT2D eigenvalue weighted by Gasteiger charge is -2.26. The lowest BCUT2D eigenvalue weighted by Crippen LogP contribution is -2.39. The van der Waals surface area contributed by atoms with E-state index < -0.39 is 33.6 Å². The molecule has 10 heteroatoms. The first-order chi connectivity index (χ1) is 13.2. The van der Waals surface area contributed by atoms with E-state index in [1.807, 2.05) is 6.07 Å². The van der Waals surface area contributed by atoms with Gasteiger partial charge in [-0.25, -0.2) is 17.2 Å². The Morgan fingerprint density at radius 2 is 1.89 bits per heavy atom. The van der Waals surface area contributed by atoms with Gasteiger partial charge in [0.15, 0.2) is 15.0 Å². The third kappa shape index (κ3) is 3.87. The van der Waals surface area contributed by atoms with Crippen molar-refractivity contribution in [3.63, 3.8) is 0 Å². The van der Waals surface area contributed by atoms with Gasteiger partial charge >= 0.3 is 0 Å². The smallest absolute Gasteiger partial charge is 0.164 e. The Bertz CT molecular complexity index is 1080. The number of rotatable bonds is 3. The zero-order chi connectivity index (χ0) is 20.1. The van der Waals surface area contributed by atoms with Crippen molar-refractivity contribution in [2.45, 2.75) is 17.8 Å². The minimum atomic E-state index is -3.25. The third-order valence-corrected chi connectivity index (χ3v) is 8.10. The standard InChI is InChI=1S/C18H14Cl2F2N2O2S2/c19-12-3-1-10(5-13(12)20)7-27-18-23-15-8-28(25,26)9-17(15)24(18)16-4-2-11(21)6-14(16)22/h1-6,15,17H,7-9H2/t15-,17-/m0/s1. The first-order valence-corrected chi connectivity index (χ1v) is 11.9. The van der Waals surface area contributed by atoms with Crippen LogP contribution in [0.2, 0.25) is 10.0 Å². The van der Waals surface area contributed by atoms with Crippen LogP contribution >= 0.6 is 35.0 Å². The summed E-state index contributed by atoms with van der Waals surface area (Å²) in [4.78, 5) is 6.10. The number of halogens is 4. The quantitative estimate of drug-likeness (QED) is 0.671. The van der Waals surface area contributed by atoms with Crippen LogP contribution in [0.1, 0.15) is 5.56 Å². The molecule has 0 unspecified atom stereocenters. The summed E-state index contributed by atoms with van der Waals surface area (Å²) in [5, 5.41) is 1.38. The van der Waals surface area contributed by atoms with Crippen molar-refractivity contribution in [1.29, 1.82) is 0 Å². The fraction of sp³-hybridized carbons (Fsp3) is 0.278. The highest BCUT2D eigenvalue weighted by Crippen LogP contribution is 2.37. The Hall–Kier alpha value is -1.35. The number of anilines is 1. The van der Waals surface area contributed by atoms with Gasteiger partial charge in [-0.1, -0.05) is 41.0 Å². The monoisotopic (exact) mass is 462 g/mol. The van der Waals surface area contributed by atoms with E-state index in [1.165, 1.54) is 17.8 Å². The van der Waals surface area contributed by atoms with Crippen LogP contribution in [0.15, 0.2) is 41.4 Å². The van der Waals surface area contributed by atoms with Gasteiger partial charge in [-0.3, -0.25) is 4.99 Å². The molecule has 4 nitrogen and oxygen atoms in total. The first kappa shape index (κ1) is 19.9. The minimum absolute atomic E-state index is 0.0756. The van der Waals surface area contributed by atoms with Crippen molar-refractivity contribution in [2.75, 3.05) is 16.4 Å². The van der Waals surface area contributed by atoms with E-state index in [1.54, 1.807) is 17.0 Å². The Balaban J connectivity index is 1.64. The van der Waals surface area contributed by atoms with E-state index in [-0.39, 0.29) is 17.2 Å². The van der Waals surface area contributed by atoms with Gasteiger partial charge in [0, 0.05) is 11.8 Å². The number of fused-ring (bicyclic) bond motifs is 1. The summed E-state index contributed by atoms with van der Waals surface area (Å²) in [6.45, 7) is 0. The fourth-order valence-electron chi connectivity index (χ4n) is 3.37. The molecule has 148 valence electrons. The van der Waals surface area contributed by atoms with Crippen molar-refractivity contribution in [3.05, 3.63) is 63.6 Å². The summed E-state index contributed by atoms with van der Waals surface area (Å²) >= 11 is 13.3. The average molecular weight is 463 g/mol. The number of thioether (sulfide) groups is 1. The van der Waals surface area contributed by atoms with Gasteiger partial charge in [0.25, 0.3) is 0 Å². The summed E-state index contributed by atoms with van der Waals surface area (Å²) in [6.07, 6.45) is 0. The second-order valence-corrected chi connectivity index (χ2v) is 10.5. The molecule has 0 aromatic heterocycles. The van der Waals surface area contributed by atoms with Crippen LogP contribution in [0, 0.1) is 11.6 Å². The molecule has 2 heterocycles. The van der Waals surface area contributed by atoms with E-state index in [2.05, 4.69) is 4.99 Å². The van der Waals surface area contributed by atoms with Crippen molar-refractivity contribution in [1.82, 2.24) is 0 Å². The SMILES string of the molecule is O=S1(=O)C[C@@H]2N=C(SCc3ccc(Cl)c(Cl)c3)N(c3ccc(F)cc3F)[C@H]2C1. The normalized spacial score (nSPS) is 23.0. The predicted molar refractivity (Wildman–Crippen MR) is 110 cm³/mol. The highest BCUT2D eigenvalue weighted by Gasteiger charge is 2.47. The van der Waals surface area contributed by atoms with Crippen LogP contribution in [0.3, 0.4) is 0 Å². The van der Waals surface area contributed by atoms with Crippen LogP contribution < -0.4 is 4.90 Å². The second kappa shape index (κ2) is 7.48. The van der Waals surface area contributed by atoms with Gasteiger partial charge in [0.1, 0.15) is 11.6 Å². The molecule has 0 aliphatic carbocycles. The van der Waals surface area contributed by atoms with E-state index >= 15 is 0 Å². The van der Waals surface area contributed by atoms with Gasteiger partial charge < -0.3 is 4.90 Å². The van der Waals surface area contributed by atoms with Crippen LogP contribution in [0.5, 0.6) is 0 Å². The van der Waals surface area contributed by atoms with Crippen LogP contribution in [-0.4, -0.2) is 37.2 Å². The van der Waals surface area contributed by atoms with E-state index in [9.17, 15) is 17.2 Å². The van der Waals surface area contributed by atoms with Crippen molar-refractivity contribution < 1.29 is 17.2 Å². The summed E-state index contributed by atoms with van der Waals surface area (Å²) in [5.41, 5.74) is 1.01. The lowest BCUT2D eigenvalue weighted by molar-refractivity contribution is 0.577. The third-order valence-electron chi connectivity index (χ3n) is 4.63. The molecule has 2 aliphatic rings. The molecule has 1 saturated heterocycles. The summed E-state index contributed by atoms with van der Waals surface area (Å²) < 4.78 is 51.9. The van der Waals surface area contributed by atoms with Crippen molar-refractivity contribution in [2.24, 2.45) is 4.99 Å². The molecule has 2 atom stereocenters. The number of nitrogens with zero attached hydrogens (tertiary/aromatic N) is 2. The number of sulfone groups is 1. The lowest BCUT2D eigenvalue weighted by atomic mass is 10.1. The number of aliphatic imine (C=N–C) groups is 1. The zero-order valence-electron chi connectivity index (χ0n) is 14.3. The summed E-state index contributed by atoms with van der Waals surface area (Å²) in [7, 11) is -3.25. The average Bonchev–Trinajstić information content (AvgIpc) is 3.08. The molecule has 0 saturated carbocycles. The van der Waals surface area contributed by atoms with Crippen molar-refractivity contribution >= 4 is 55.7 Å². The molecule has 1 fully saturated rings. The Labute approximate surface area is 175 Å². The Kier molecular flexibility index (Phi) is 5.33. The topological polar surface area (TPSA) is 49.7 Å². The predicted octanol–water partition coefficient (Wildman–Crippen LogP) is 4.55. The highest BCUT2D eigenvalue weighted by atomic mass is 35.5. The molecule has 0 spiro atoms. The molecule has 0 N–H and O–H groups in total. The van der Waals surface area contributed by atoms with Crippen LogP contribution in [-0.2, 0) is 15.6 Å². The van der Waals surface area contributed by atoms with Gasteiger partial charge in [-0.2, -0.15) is 0 Å². The zero-order valence-corrected chi connectivity index (χ0v) is 17.4. The molecule has 2 aliphatic heterocycles. The van der Waals surface area contributed by atoms with Gasteiger partial charge in [0.05, 0.1) is 39.3 Å². The number of hydrogen-bond donors (Lipinski definition) is 0. The maximum absolute atomic E-state index is 14.5. The largest absolute Gasteiger partial charge is 0.312 e. The Morgan fingerprint density at radius 3 is 2.61 bits per heavy atom. The molecule has 0 radical (unpaired) electrons. The molecule has 2 aromatic carbocycles. The number of amidine groups is 1. The van der Waals surface area contributed by atoms with E-state index in [0.717, 1.165) is 17.7 Å². The molecule has 28 heavy (non-hydrogen) atoms. The molecular weight excluding hydrogens is 449 g/mol. The first-order valence-electron chi connectivity index (χ1n) is 8.33. The summed E-state index contributed by atoms with van der Waals surface area (Å²) in [6, 6.07) is 7.53. The van der Waals surface area contributed by atoms with Crippen LogP contribution in [0.25, 0.3) is 0 Å². The molecule has 4 rings (SSSR count). The van der Waals surface area contributed by atoms with Gasteiger partial charge in [-0.05, 0) is 29.8 Å². The molecule has 2 aromatic rings. The molecule has 0 bridgehead atoms. The maximum Gasteiger partial charge on any atom is 0.164 e. The molecular formula is C18H14Cl2F2N2O2S2. The summed E-state index contributed by atoms with van der Waals surface area (Å²) in [5.74, 6) is -1.16. The van der Waals surface area contributed by atoms with E-state index in [4.69, 9.17) is 23.2 Å². The molecule has 0 amide bonds. The van der Waals surface area contributed by atoms with Gasteiger partial charge in [-0.15, -0.1) is 0 Å². The second-order valence-electron chi connectivity index (χ2n) is 6.63. The maximum atomic E-state index is 14.5. The van der Waals surface area contributed by atoms with Crippen molar-refractivity contribution in [3.8, 4) is 0 Å². The van der Waals surface area contributed by atoms with E-state index in [0.29, 0.717) is 21.0 Å². The number of benzene rings is 2. The minimum Gasteiger partial charge on any atom is -0.312 e. The number of hydrogen-bond acceptors (Lipinski definition) is 5.